The molecule has 1 aliphatic heterocycles. The van der Waals surface area contributed by atoms with Gasteiger partial charge in [0.1, 0.15) is 0 Å². The third kappa shape index (κ3) is 3.28. The molecule has 0 aliphatic carbocycles. The highest BCUT2D eigenvalue weighted by atomic mass is 79.9. The van der Waals surface area contributed by atoms with Crippen molar-refractivity contribution < 1.29 is 4.79 Å². The first-order valence-electron chi connectivity index (χ1n) is 6.50. The molecule has 4 nitrogen and oxygen atoms in total. The van der Waals surface area contributed by atoms with Gasteiger partial charge in [-0.25, -0.2) is 0 Å². The number of hydrogen-bond acceptors (Lipinski definition) is 3. The molecule has 1 unspecified atom stereocenters. The number of carbonyl (C=O) groups excluding carboxylic acids is 1. The lowest BCUT2D eigenvalue weighted by Gasteiger charge is -2.26. The highest BCUT2D eigenvalue weighted by Crippen LogP contribution is 2.21. The number of likely N-dealkylation sites (tertiary alicyclic amines) is 1. The van der Waals surface area contributed by atoms with Crippen LogP contribution in [0.25, 0.3) is 0 Å². The highest BCUT2D eigenvalue weighted by molar-refractivity contribution is 9.10. The Morgan fingerprint density at radius 1 is 1.58 bits per heavy atom. The lowest BCUT2D eigenvalue weighted by atomic mass is 10.1. The van der Waals surface area contributed by atoms with Crippen LogP contribution in [0.15, 0.2) is 22.7 Å². The summed E-state index contributed by atoms with van der Waals surface area (Å²) in [4.78, 5) is 16.5. The molecule has 0 aromatic heterocycles. The van der Waals surface area contributed by atoms with Crippen LogP contribution in [0.3, 0.4) is 0 Å². The third-order valence-electron chi connectivity index (χ3n) is 3.75. The number of anilines is 1. The van der Waals surface area contributed by atoms with Gasteiger partial charge in [0.25, 0.3) is 5.91 Å². The minimum atomic E-state index is -0.00898. The van der Waals surface area contributed by atoms with Gasteiger partial charge in [-0.1, -0.05) is 15.9 Å². The summed E-state index contributed by atoms with van der Waals surface area (Å²) in [7, 11) is 3.96. The molecule has 1 aliphatic rings. The summed E-state index contributed by atoms with van der Waals surface area (Å²) in [5, 5.41) is 0. The molecule has 2 N–H and O–H groups in total. The summed E-state index contributed by atoms with van der Waals surface area (Å²) in [6, 6.07) is 5.85. The highest BCUT2D eigenvalue weighted by Gasteiger charge is 2.24. The first-order valence-corrected chi connectivity index (χ1v) is 7.29. The summed E-state index contributed by atoms with van der Waals surface area (Å²) in [5.74, 6) is -0.00898. The molecule has 1 fully saturated rings. The van der Waals surface area contributed by atoms with Crippen LogP contribution >= 0.6 is 15.9 Å². The summed E-state index contributed by atoms with van der Waals surface area (Å²) in [6.45, 7) is 1.87. The molecule has 1 atom stereocenters. The molecule has 0 spiro atoms. The minimum Gasteiger partial charge on any atom is -0.398 e. The van der Waals surface area contributed by atoms with Crippen molar-refractivity contribution >= 4 is 27.5 Å². The number of amides is 1. The Labute approximate surface area is 122 Å². The second kappa shape index (κ2) is 5.92. The van der Waals surface area contributed by atoms with E-state index in [-0.39, 0.29) is 5.91 Å². The van der Waals surface area contributed by atoms with Gasteiger partial charge < -0.3 is 15.5 Å². The van der Waals surface area contributed by atoms with E-state index in [1.54, 1.807) is 17.0 Å². The van der Waals surface area contributed by atoms with Crippen LogP contribution in [-0.4, -0.2) is 48.9 Å². The maximum atomic E-state index is 12.4. The number of likely N-dealkylation sites (N-methyl/N-ethyl adjacent to an activating group) is 2. The maximum absolute atomic E-state index is 12.4. The molecule has 1 aromatic carbocycles. The Morgan fingerprint density at radius 2 is 2.32 bits per heavy atom. The summed E-state index contributed by atoms with van der Waals surface area (Å²) in [5.41, 5.74) is 7.00. The van der Waals surface area contributed by atoms with Crippen molar-refractivity contribution in [3.8, 4) is 0 Å². The van der Waals surface area contributed by atoms with E-state index in [0.29, 0.717) is 17.3 Å². The molecule has 104 valence electrons. The van der Waals surface area contributed by atoms with Gasteiger partial charge in [0.05, 0.1) is 5.56 Å². The van der Waals surface area contributed by atoms with Gasteiger partial charge in [0.2, 0.25) is 0 Å². The number of nitrogen functional groups attached to an aromatic ring is 1. The Morgan fingerprint density at radius 3 is 2.89 bits per heavy atom. The van der Waals surface area contributed by atoms with Gasteiger partial charge >= 0.3 is 0 Å². The number of hydrogen-bond donors (Lipinski definition) is 1. The number of halogens is 1. The average Bonchev–Trinajstić information content (AvgIpc) is 2.74. The van der Waals surface area contributed by atoms with Crippen molar-refractivity contribution in [2.24, 2.45) is 0 Å². The average molecular weight is 326 g/mol. The van der Waals surface area contributed by atoms with E-state index in [4.69, 9.17) is 5.73 Å². The standard InChI is InChI=1S/C14H20BrN3O/c1-17-7-3-4-11(17)9-18(2)14(19)12-6-5-10(15)8-13(12)16/h5-6,8,11H,3-4,7,9,16H2,1-2H3. The zero-order valence-electron chi connectivity index (χ0n) is 11.4. The maximum Gasteiger partial charge on any atom is 0.255 e. The van der Waals surface area contributed by atoms with Crippen LogP contribution in [0.1, 0.15) is 23.2 Å². The van der Waals surface area contributed by atoms with Crippen molar-refractivity contribution in [2.45, 2.75) is 18.9 Å². The van der Waals surface area contributed by atoms with Crippen LogP contribution in [-0.2, 0) is 0 Å². The zero-order valence-corrected chi connectivity index (χ0v) is 13.0. The Balaban J connectivity index is 2.06. The van der Waals surface area contributed by atoms with Gasteiger partial charge in [-0.2, -0.15) is 0 Å². The van der Waals surface area contributed by atoms with Gasteiger partial charge in [0, 0.05) is 29.8 Å². The van der Waals surface area contributed by atoms with E-state index >= 15 is 0 Å². The SMILES string of the molecule is CN(CC1CCCN1C)C(=O)c1ccc(Br)cc1N. The van der Waals surface area contributed by atoms with Gasteiger partial charge in [0.15, 0.2) is 0 Å². The zero-order chi connectivity index (χ0) is 14.0. The van der Waals surface area contributed by atoms with Crippen LogP contribution < -0.4 is 5.73 Å². The second-order valence-electron chi connectivity index (χ2n) is 5.19. The quantitative estimate of drug-likeness (QED) is 0.867. The largest absolute Gasteiger partial charge is 0.398 e. The van der Waals surface area contributed by atoms with E-state index < -0.39 is 0 Å². The molecular weight excluding hydrogens is 306 g/mol. The Bertz CT molecular complexity index is 478. The number of nitrogens with two attached hydrogens (primary N) is 1. The first-order chi connectivity index (χ1) is 8.99. The lowest BCUT2D eigenvalue weighted by Crippen LogP contribution is -2.39. The smallest absolute Gasteiger partial charge is 0.255 e. The van der Waals surface area contributed by atoms with Crippen LogP contribution in [0, 0.1) is 0 Å². The van der Waals surface area contributed by atoms with E-state index in [0.717, 1.165) is 24.0 Å². The van der Waals surface area contributed by atoms with E-state index in [9.17, 15) is 4.79 Å². The fraction of sp³-hybridized carbons (Fsp3) is 0.500. The van der Waals surface area contributed by atoms with E-state index in [1.807, 2.05) is 13.1 Å². The monoisotopic (exact) mass is 325 g/mol. The molecule has 0 radical (unpaired) electrons. The Kier molecular flexibility index (Phi) is 4.47. The fourth-order valence-corrected chi connectivity index (χ4v) is 2.92. The number of rotatable bonds is 3. The normalized spacial score (nSPS) is 19.6. The topological polar surface area (TPSA) is 49.6 Å². The van der Waals surface area contributed by atoms with Crippen LogP contribution in [0.4, 0.5) is 5.69 Å². The Hall–Kier alpha value is -1.07. The number of nitrogens with zero attached hydrogens (tertiary/aromatic N) is 2. The molecular formula is C14H20BrN3O. The van der Waals surface area contributed by atoms with Gasteiger partial charge in [-0.3, -0.25) is 4.79 Å². The molecule has 5 heteroatoms. The van der Waals surface area contributed by atoms with Gasteiger partial charge in [-0.05, 0) is 44.6 Å². The predicted octanol–water partition coefficient (Wildman–Crippen LogP) is 2.20. The number of benzene rings is 1. The van der Waals surface area contributed by atoms with Gasteiger partial charge in [-0.15, -0.1) is 0 Å². The van der Waals surface area contributed by atoms with E-state index in [1.165, 1.54) is 6.42 Å². The molecule has 0 saturated carbocycles. The molecule has 19 heavy (non-hydrogen) atoms. The molecule has 0 bridgehead atoms. The summed E-state index contributed by atoms with van der Waals surface area (Å²) >= 11 is 3.35. The third-order valence-corrected chi connectivity index (χ3v) is 4.24. The second-order valence-corrected chi connectivity index (χ2v) is 6.11. The minimum absolute atomic E-state index is 0.00898. The molecule has 2 rings (SSSR count). The predicted molar refractivity (Wildman–Crippen MR) is 81.2 cm³/mol. The molecule has 1 heterocycles. The lowest BCUT2D eigenvalue weighted by molar-refractivity contribution is 0.0762. The van der Waals surface area contributed by atoms with E-state index in [2.05, 4.69) is 27.9 Å². The van der Waals surface area contributed by atoms with Crippen LogP contribution in [0.2, 0.25) is 0 Å². The van der Waals surface area contributed by atoms with Crippen molar-refractivity contribution in [1.29, 1.82) is 0 Å². The van der Waals surface area contributed by atoms with Crippen molar-refractivity contribution in [3.63, 3.8) is 0 Å². The number of carbonyl (C=O) groups is 1. The molecule has 1 aromatic rings. The van der Waals surface area contributed by atoms with Crippen molar-refractivity contribution in [1.82, 2.24) is 9.80 Å². The van der Waals surface area contributed by atoms with Crippen molar-refractivity contribution in [3.05, 3.63) is 28.2 Å². The van der Waals surface area contributed by atoms with Crippen LogP contribution in [0.5, 0.6) is 0 Å². The first kappa shape index (κ1) is 14.3. The fourth-order valence-electron chi connectivity index (χ4n) is 2.54. The summed E-state index contributed by atoms with van der Waals surface area (Å²) in [6.07, 6.45) is 2.37. The molecule has 1 saturated heterocycles. The van der Waals surface area contributed by atoms with Crippen molar-refractivity contribution in [2.75, 3.05) is 32.9 Å². The molecule has 1 amide bonds. The summed E-state index contributed by atoms with van der Waals surface area (Å²) < 4.78 is 0.889.